The maximum Gasteiger partial charge on any atom is 0.307 e. The Balaban J connectivity index is 0.00000256. The summed E-state index contributed by atoms with van der Waals surface area (Å²) < 4.78 is 10.9. The number of nitrogens with one attached hydrogen (secondary N) is 1. The largest absolute Gasteiger partial charge is 0.469 e. The third kappa shape index (κ3) is 4.09. The first-order valence-corrected chi connectivity index (χ1v) is 9.69. The molecule has 0 atom stereocenters. The Kier molecular flexibility index (Phi) is 6.57. The molecule has 0 unspecified atom stereocenters. The van der Waals surface area contributed by atoms with Gasteiger partial charge in [-0.3, -0.25) is 9.79 Å². The van der Waals surface area contributed by atoms with Crippen LogP contribution in [-0.2, 0) is 9.53 Å². The van der Waals surface area contributed by atoms with Gasteiger partial charge in [-0.05, 0) is 25.5 Å². The zero-order valence-electron chi connectivity index (χ0n) is 17.2. The highest BCUT2D eigenvalue weighted by Gasteiger charge is 2.15. The monoisotopic (exact) mass is 425 g/mol. The van der Waals surface area contributed by atoms with Crippen molar-refractivity contribution in [1.29, 1.82) is 0 Å². The SMILES string of the molecule is CCNc1cc2oc3cc(=NCCC(=O)OC)c4ccccc4c-3nc2cc1C.Cl. The molecular formula is C23H24ClN3O3. The number of aryl methyl sites for hydroxylation is 1. The quantitative estimate of drug-likeness (QED) is 0.284. The molecule has 2 aromatic rings. The standard InChI is InChI=1S/C23H23N3O3.ClH/c1-4-24-17-12-20-19(11-14(17)2)26-23-16-8-6-5-7-15(16)18(13-21(23)29-20)25-10-9-22(27)28-3;/h5-8,11-13,24H,4,9-10H2,1-3H3;1H. The van der Waals surface area contributed by atoms with Gasteiger partial charge in [-0.1, -0.05) is 24.3 Å². The minimum atomic E-state index is -0.275. The molecular weight excluding hydrogens is 402 g/mol. The maximum absolute atomic E-state index is 11.4. The van der Waals surface area contributed by atoms with Crippen molar-refractivity contribution < 1.29 is 13.9 Å². The van der Waals surface area contributed by atoms with Gasteiger partial charge < -0.3 is 14.5 Å². The number of aromatic nitrogens is 1. The first kappa shape index (κ1) is 21.6. The lowest BCUT2D eigenvalue weighted by atomic mass is 10.0. The number of rotatable bonds is 5. The fraction of sp³-hybridized carbons (Fsp3) is 0.261. The molecule has 1 heterocycles. The molecule has 0 amide bonds. The van der Waals surface area contributed by atoms with Gasteiger partial charge in [-0.2, -0.15) is 0 Å². The molecule has 6 nitrogen and oxygen atoms in total. The highest BCUT2D eigenvalue weighted by Crippen LogP contribution is 2.32. The number of ether oxygens (including phenoxy) is 1. The second kappa shape index (κ2) is 9.13. The van der Waals surface area contributed by atoms with E-state index in [1.807, 2.05) is 42.5 Å². The third-order valence-electron chi connectivity index (χ3n) is 4.91. The van der Waals surface area contributed by atoms with Crippen LogP contribution in [0.15, 0.2) is 51.9 Å². The lowest BCUT2D eigenvalue weighted by molar-refractivity contribution is -0.140. The van der Waals surface area contributed by atoms with Crippen molar-refractivity contribution in [2.75, 3.05) is 25.5 Å². The summed E-state index contributed by atoms with van der Waals surface area (Å²) in [5.41, 5.74) is 4.50. The number of halogens is 1. The smallest absolute Gasteiger partial charge is 0.307 e. The fourth-order valence-corrected chi connectivity index (χ4v) is 3.47. The molecule has 0 aromatic heterocycles. The van der Waals surface area contributed by atoms with Gasteiger partial charge in [0, 0.05) is 35.1 Å². The number of hydrogen-bond acceptors (Lipinski definition) is 6. The summed E-state index contributed by atoms with van der Waals surface area (Å²) in [6, 6.07) is 13.9. The van der Waals surface area contributed by atoms with E-state index in [1.165, 1.54) is 7.11 Å². The normalized spacial score (nSPS) is 11.6. The van der Waals surface area contributed by atoms with Crippen molar-refractivity contribution in [2.24, 2.45) is 4.99 Å². The molecule has 2 aromatic carbocycles. The van der Waals surface area contributed by atoms with Gasteiger partial charge in [-0.25, -0.2) is 4.98 Å². The summed E-state index contributed by atoms with van der Waals surface area (Å²) in [5.74, 6) is 0.391. The van der Waals surface area contributed by atoms with Gasteiger partial charge in [0.15, 0.2) is 11.3 Å². The Morgan fingerprint density at radius 1 is 1.20 bits per heavy atom. The zero-order valence-corrected chi connectivity index (χ0v) is 18.0. The van der Waals surface area contributed by atoms with E-state index in [1.54, 1.807) is 0 Å². The van der Waals surface area contributed by atoms with E-state index in [4.69, 9.17) is 14.1 Å². The van der Waals surface area contributed by atoms with E-state index in [0.717, 1.165) is 50.7 Å². The van der Waals surface area contributed by atoms with E-state index in [-0.39, 0.29) is 24.8 Å². The van der Waals surface area contributed by atoms with E-state index in [2.05, 4.69) is 24.2 Å². The molecule has 30 heavy (non-hydrogen) atoms. The number of anilines is 1. The summed E-state index contributed by atoms with van der Waals surface area (Å²) in [4.78, 5) is 20.9. The molecule has 1 N–H and O–H groups in total. The van der Waals surface area contributed by atoms with Crippen LogP contribution in [0.2, 0.25) is 0 Å². The Morgan fingerprint density at radius 2 is 1.97 bits per heavy atom. The summed E-state index contributed by atoms with van der Waals surface area (Å²) in [5, 5.41) is 6.08. The van der Waals surface area contributed by atoms with Crippen molar-refractivity contribution in [3.8, 4) is 11.5 Å². The topological polar surface area (TPSA) is 76.7 Å². The highest BCUT2D eigenvalue weighted by atomic mass is 35.5. The Morgan fingerprint density at radius 3 is 2.70 bits per heavy atom. The number of hydrogen-bond donors (Lipinski definition) is 1. The predicted molar refractivity (Wildman–Crippen MR) is 121 cm³/mol. The molecule has 0 radical (unpaired) electrons. The van der Waals surface area contributed by atoms with Gasteiger partial charge in [0.25, 0.3) is 0 Å². The van der Waals surface area contributed by atoms with Gasteiger partial charge in [0.1, 0.15) is 11.2 Å². The first-order valence-electron chi connectivity index (χ1n) is 9.69. The maximum atomic E-state index is 11.4. The first-order chi connectivity index (χ1) is 14.1. The second-order valence-corrected chi connectivity index (χ2v) is 6.87. The number of benzene rings is 3. The van der Waals surface area contributed by atoms with E-state index < -0.39 is 0 Å². The van der Waals surface area contributed by atoms with E-state index >= 15 is 0 Å². The van der Waals surface area contributed by atoms with Gasteiger partial charge in [0.2, 0.25) is 0 Å². The molecule has 4 rings (SSSR count). The fourth-order valence-electron chi connectivity index (χ4n) is 3.47. The molecule has 1 aliphatic carbocycles. The number of carbonyl (C=O) groups excluding carboxylic acids is 1. The van der Waals surface area contributed by atoms with Crippen LogP contribution < -0.4 is 10.7 Å². The summed E-state index contributed by atoms with van der Waals surface area (Å²) >= 11 is 0. The van der Waals surface area contributed by atoms with Crippen molar-refractivity contribution >= 4 is 45.9 Å². The van der Waals surface area contributed by atoms with Crippen molar-refractivity contribution in [3.63, 3.8) is 0 Å². The minimum Gasteiger partial charge on any atom is -0.469 e. The van der Waals surface area contributed by atoms with Gasteiger partial charge in [-0.15, -0.1) is 12.4 Å². The number of fused-ring (bicyclic) bond motifs is 4. The summed E-state index contributed by atoms with van der Waals surface area (Å²) in [6.45, 7) is 5.31. The van der Waals surface area contributed by atoms with E-state index in [0.29, 0.717) is 12.3 Å². The number of nitrogens with zero attached hydrogens (tertiary/aromatic N) is 2. The highest BCUT2D eigenvalue weighted by molar-refractivity contribution is 5.96. The van der Waals surface area contributed by atoms with Gasteiger partial charge in [0.05, 0.1) is 25.4 Å². The molecule has 0 saturated carbocycles. The van der Waals surface area contributed by atoms with Crippen LogP contribution in [0.1, 0.15) is 18.9 Å². The van der Waals surface area contributed by atoms with Crippen molar-refractivity contribution in [1.82, 2.24) is 4.98 Å². The lowest BCUT2D eigenvalue weighted by Gasteiger charge is -2.13. The lowest BCUT2D eigenvalue weighted by Crippen LogP contribution is -2.09. The molecule has 1 aliphatic heterocycles. The van der Waals surface area contributed by atoms with Crippen molar-refractivity contribution in [2.45, 2.75) is 20.3 Å². The Bertz CT molecular complexity index is 1250. The molecule has 0 fully saturated rings. The average molecular weight is 426 g/mol. The average Bonchev–Trinajstić information content (AvgIpc) is 2.73. The second-order valence-electron chi connectivity index (χ2n) is 6.87. The van der Waals surface area contributed by atoms with Crippen molar-refractivity contribution in [3.05, 3.63) is 53.4 Å². The van der Waals surface area contributed by atoms with Crippen LogP contribution in [-0.4, -0.2) is 31.2 Å². The van der Waals surface area contributed by atoms with Crippen LogP contribution >= 0.6 is 12.4 Å². The van der Waals surface area contributed by atoms with E-state index in [9.17, 15) is 4.79 Å². The van der Waals surface area contributed by atoms with Crippen LogP contribution in [0.4, 0.5) is 5.69 Å². The molecule has 0 spiro atoms. The predicted octanol–water partition coefficient (Wildman–Crippen LogP) is 4.71. The third-order valence-corrected chi connectivity index (χ3v) is 4.91. The minimum absolute atomic E-state index is 0. The molecule has 0 saturated heterocycles. The Labute approximate surface area is 180 Å². The zero-order chi connectivity index (χ0) is 20.4. The molecule has 156 valence electrons. The van der Waals surface area contributed by atoms with Crippen LogP contribution in [0.25, 0.3) is 33.3 Å². The molecule has 7 heteroatoms. The Hall–Kier alpha value is -3.12. The number of carbonyl (C=O) groups is 1. The van der Waals surface area contributed by atoms with Crippen LogP contribution in [0.5, 0.6) is 0 Å². The van der Waals surface area contributed by atoms with Gasteiger partial charge >= 0.3 is 5.97 Å². The summed E-state index contributed by atoms with van der Waals surface area (Å²) in [7, 11) is 1.38. The molecule has 0 bridgehead atoms. The summed E-state index contributed by atoms with van der Waals surface area (Å²) in [6.07, 6.45) is 0.237. The van der Waals surface area contributed by atoms with Crippen LogP contribution in [0, 0.1) is 6.92 Å². The number of methoxy groups -OCH3 is 1. The van der Waals surface area contributed by atoms with Crippen LogP contribution in [0.3, 0.4) is 0 Å². The number of esters is 1. The molecule has 2 aliphatic rings.